The van der Waals surface area contributed by atoms with Crippen LogP contribution in [0.3, 0.4) is 0 Å². The third-order valence-electron chi connectivity index (χ3n) is 8.53. The van der Waals surface area contributed by atoms with Crippen molar-refractivity contribution in [3.8, 4) is 39.9 Å². The Morgan fingerprint density at radius 1 is 0.617 bits per heavy atom. The van der Waals surface area contributed by atoms with Crippen LogP contribution in [-0.4, -0.2) is 19.5 Å². The normalized spacial score (nSPS) is 13.9. The summed E-state index contributed by atoms with van der Waals surface area (Å²) in [5, 5.41) is 6.86. The Hall–Kier alpha value is -6.13. The topological polar surface area (TPSA) is 43.6 Å². The molecule has 4 nitrogen and oxygen atoms in total. The maximum absolute atomic E-state index is 5.00. The molecule has 2 aromatic heterocycles. The van der Waals surface area contributed by atoms with Crippen molar-refractivity contribution in [1.29, 1.82) is 0 Å². The van der Waals surface area contributed by atoms with E-state index in [9.17, 15) is 0 Å². The number of hydrogen-bond acceptors (Lipinski definition) is 3. The summed E-state index contributed by atoms with van der Waals surface area (Å²) < 4.78 is 2.33. The van der Waals surface area contributed by atoms with E-state index < -0.39 is 0 Å². The molecule has 47 heavy (non-hydrogen) atoms. The van der Waals surface area contributed by atoms with Crippen molar-refractivity contribution >= 4 is 23.8 Å². The minimum atomic E-state index is 0.614. The Balaban J connectivity index is 1.55. The van der Waals surface area contributed by atoms with Crippen LogP contribution in [0.15, 0.2) is 146 Å². The van der Waals surface area contributed by atoms with E-state index in [1.54, 1.807) is 0 Å². The molecule has 0 saturated carbocycles. The van der Waals surface area contributed by atoms with Gasteiger partial charge in [0.15, 0.2) is 17.5 Å². The lowest BCUT2D eigenvalue weighted by molar-refractivity contribution is 0.985. The molecule has 0 atom stereocenters. The number of fused-ring (bicyclic) bond motifs is 2. The summed E-state index contributed by atoms with van der Waals surface area (Å²) in [6, 6.07) is 37.2. The second kappa shape index (κ2) is 12.7. The molecule has 0 amide bonds. The summed E-state index contributed by atoms with van der Waals surface area (Å²) in [6.45, 7) is 12.4. The van der Waals surface area contributed by atoms with Gasteiger partial charge in [0.25, 0.3) is 0 Å². The van der Waals surface area contributed by atoms with Crippen molar-refractivity contribution < 1.29 is 0 Å². The Labute approximate surface area is 274 Å². The molecule has 226 valence electrons. The highest BCUT2D eigenvalue weighted by atomic mass is 15.0. The number of aromatic nitrogens is 4. The summed E-state index contributed by atoms with van der Waals surface area (Å²) >= 11 is 0. The molecule has 0 saturated heterocycles. The molecule has 4 heteroatoms. The Kier molecular flexibility index (Phi) is 7.99. The van der Waals surface area contributed by atoms with Crippen LogP contribution in [-0.2, 0) is 0 Å². The van der Waals surface area contributed by atoms with Crippen molar-refractivity contribution in [3.63, 3.8) is 0 Å². The van der Waals surface area contributed by atoms with Crippen LogP contribution in [0.4, 0.5) is 0 Å². The monoisotopic (exact) mass is 606 g/mol. The van der Waals surface area contributed by atoms with Gasteiger partial charge >= 0.3 is 0 Å². The van der Waals surface area contributed by atoms with Gasteiger partial charge in [-0.2, -0.15) is 0 Å². The number of allylic oxidation sites excluding steroid dienone is 4. The van der Waals surface area contributed by atoms with E-state index in [1.165, 1.54) is 21.2 Å². The maximum Gasteiger partial charge on any atom is 0.164 e. The first kappa shape index (κ1) is 29.6. The van der Waals surface area contributed by atoms with Crippen molar-refractivity contribution in [3.05, 3.63) is 178 Å². The van der Waals surface area contributed by atoms with Crippen LogP contribution in [0, 0.1) is 10.4 Å². The van der Waals surface area contributed by atoms with E-state index in [2.05, 4.69) is 104 Å². The van der Waals surface area contributed by atoms with Gasteiger partial charge in [0.1, 0.15) is 0 Å². The van der Waals surface area contributed by atoms with Gasteiger partial charge in [0.2, 0.25) is 0 Å². The highest BCUT2D eigenvalue weighted by molar-refractivity contribution is 5.78. The van der Waals surface area contributed by atoms with Crippen LogP contribution in [0.2, 0.25) is 0 Å². The molecular formula is C43H34N4. The number of rotatable bonds is 6. The average molecular weight is 607 g/mol. The first-order valence-electron chi connectivity index (χ1n) is 15.7. The Morgan fingerprint density at radius 2 is 1.17 bits per heavy atom. The van der Waals surface area contributed by atoms with Gasteiger partial charge in [-0.3, -0.25) is 0 Å². The minimum absolute atomic E-state index is 0.614. The Morgan fingerprint density at radius 3 is 1.77 bits per heavy atom. The molecule has 1 aliphatic rings. The molecule has 0 fully saturated rings. The SMILES string of the molecule is C=CC=C1C=c2c(c(=C/C=C)/c(=C\C)n2-c2cccc(-c3nc(-c4ccccc4)nc(-c4ccccc4)n3)c2)=c2ccccc2=C1C. The van der Waals surface area contributed by atoms with E-state index in [-0.39, 0.29) is 0 Å². The first-order valence-corrected chi connectivity index (χ1v) is 15.7. The minimum Gasteiger partial charge on any atom is -0.310 e. The quantitative estimate of drug-likeness (QED) is 0.210. The van der Waals surface area contributed by atoms with Crippen molar-refractivity contribution in [2.75, 3.05) is 0 Å². The fraction of sp³-hybridized carbons (Fsp3) is 0.0465. The lowest BCUT2D eigenvalue weighted by Gasteiger charge is -2.11. The van der Waals surface area contributed by atoms with Crippen LogP contribution in [0.1, 0.15) is 13.8 Å². The number of hydrogen-bond donors (Lipinski definition) is 0. The Bertz CT molecular complexity index is 2500. The summed E-state index contributed by atoms with van der Waals surface area (Å²) in [7, 11) is 0. The van der Waals surface area contributed by atoms with Crippen molar-refractivity contribution in [1.82, 2.24) is 19.5 Å². The zero-order valence-electron chi connectivity index (χ0n) is 26.6. The maximum atomic E-state index is 5.00. The lowest BCUT2D eigenvalue weighted by Crippen LogP contribution is -2.31. The zero-order valence-corrected chi connectivity index (χ0v) is 26.6. The van der Waals surface area contributed by atoms with Crippen LogP contribution < -0.4 is 21.1 Å². The molecule has 1 aliphatic carbocycles. The lowest BCUT2D eigenvalue weighted by atomic mass is 10.0. The second-order valence-corrected chi connectivity index (χ2v) is 11.3. The molecule has 0 unspecified atom stereocenters. The molecule has 0 bridgehead atoms. The molecule has 0 N–H and O–H groups in total. The molecule has 0 aliphatic heterocycles. The highest BCUT2D eigenvalue weighted by Crippen LogP contribution is 2.25. The summed E-state index contributed by atoms with van der Waals surface area (Å²) in [4.78, 5) is 14.9. The van der Waals surface area contributed by atoms with E-state index in [0.717, 1.165) is 43.9 Å². The van der Waals surface area contributed by atoms with Gasteiger partial charge in [-0.15, -0.1) is 0 Å². The third kappa shape index (κ3) is 5.40. The van der Waals surface area contributed by atoms with Crippen LogP contribution in [0.5, 0.6) is 0 Å². The fourth-order valence-corrected chi connectivity index (χ4v) is 6.36. The average Bonchev–Trinajstić information content (AvgIpc) is 3.37. The first-order chi connectivity index (χ1) is 23.1. The third-order valence-corrected chi connectivity index (χ3v) is 8.53. The second-order valence-electron chi connectivity index (χ2n) is 11.3. The highest BCUT2D eigenvalue weighted by Gasteiger charge is 2.15. The number of benzene rings is 4. The van der Waals surface area contributed by atoms with Gasteiger partial charge in [-0.05, 0) is 53.6 Å². The van der Waals surface area contributed by atoms with Gasteiger partial charge in [-0.1, -0.05) is 141 Å². The van der Waals surface area contributed by atoms with Crippen LogP contribution >= 0.6 is 0 Å². The van der Waals surface area contributed by atoms with E-state index in [1.807, 2.05) is 72.8 Å². The van der Waals surface area contributed by atoms with E-state index >= 15 is 0 Å². The molecular weight excluding hydrogens is 573 g/mol. The van der Waals surface area contributed by atoms with Gasteiger partial charge in [0.05, 0.1) is 5.35 Å². The molecule has 2 heterocycles. The largest absolute Gasteiger partial charge is 0.310 e. The fourth-order valence-electron chi connectivity index (χ4n) is 6.36. The van der Waals surface area contributed by atoms with Gasteiger partial charge in [-0.25, -0.2) is 15.0 Å². The van der Waals surface area contributed by atoms with Crippen molar-refractivity contribution in [2.24, 2.45) is 0 Å². The number of nitrogens with zero attached hydrogens (tertiary/aromatic N) is 4. The zero-order chi connectivity index (χ0) is 32.3. The molecule has 0 spiro atoms. The molecule has 4 aromatic carbocycles. The van der Waals surface area contributed by atoms with Gasteiger partial charge in [0, 0.05) is 38.2 Å². The summed E-state index contributed by atoms with van der Waals surface area (Å²) in [6.07, 6.45) is 12.4. The summed E-state index contributed by atoms with van der Waals surface area (Å²) in [5.41, 5.74) is 6.10. The predicted molar refractivity (Wildman–Crippen MR) is 195 cm³/mol. The molecule has 0 radical (unpaired) electrons. The summed E-state index contributed by atoms with van der Waals surface area (Å²) in [5.74, 6) is 1.88. The van der Waals surface area contributed by atoms with Crippen LogP contribution in [0.25, 0.3) is 63.7 Å². The molecule has 7 rings (SSSR count). The van der Waals surface area contributed by atoms with E-state index in [0.29, 0.717) is 17.5 Å². The van der Waals surface area contributed by atoms with Crippen molar-refractivity contribution in [2.45, 2.75) is 13.8 Å². The predicted octanol–water partition coefficient (Wildman–Crippen LogP) is 6.79. The standard InChI is InChI=1S/C43H34N4/c1-5-17-32-28-39-40(36-26-15-14-25-35(36)29(32)4)37(18-6-2)38(7-3)47(39)34-24-16-23-33(27-34)43-45-41(30-19-10-8-11-20-30)44-42(46-43)31-21-12-9-13-22-31/h5-28H,1-2H2,3-4H3/b32-17?,37-18+,38-7+. The molecule has 6 aromatic rings. The van der Waals surface area contributed by atoms with E-state index in [4.69, 9.17) is 15.0 Å². The smallest absolute Gasteiger partial charge is 0.164 e. The van der Waals surface area contributed by atoms with Gasteiger partial charge < -0.3 is 4.57 Å².